The molecule has 0 radical (unpaired) electrons. The van der Waals surface area contributed by atoms with Gasteiger partial charge in [-0.15, -0.1) is 0 Å². The Morgan fingerprint density at radius 3 is 3.20 bits per heavy atom. The van der Waals surface area contributed by atoms with Crippen LogP contribution in [-0.2, 0) is 4.74 Å². The first-order valence-electron chi connectivity index (χ1n) is 5.08. The van der Waals surface area contributed by atoms with Crippen LogP contribution in [0.5, 0.6) is 0 Å². The molecule has 0 fully saturated rings. The Bertz CT molecular complexity index is 426. The molecule has 0 N–H and O–H groups in total. The molecule has 0 bridgehead atoms. The summed E-state index contributed by atoms with van der Waals surface area (Å²) >= 11 is 0. The molecule has 0 unspecified atom stereocenters. The van der Waals surface area contributed by atoms with E-state index in [1.54, 1.807) is 0 Å². The molecule has 15 heavy (non-hydrogen) atoms. The summed E-state index contributed by atoms with van der Waals surface area (Å²) in [5, 5.41) is 0. The highest BCUT2D eigenvalue weighted by molar-refractivity contribution is 5.51. The second-order valence-corrected chi connectivity index (χ2v) is 3.19. The number of imidazole rings is 1. The summed E-state index contributed by atoms with van der Waals surface area (Å²) in [7, 11) is 0. The van der Waals surface area contributed by atoms with Crippen LogP contribution in [0.15, 0.2) is 36.7 Å². The van der Waals surface area contributed by atoms with Gasteiger partial charge in [-0.1, -0.05) is 12.1 Å². The van der Waals surface area contributed by atoms with Crippen LogP contribution in [0, 0.1) is 0 Å². The molecule has 2 aromatic heterocycles. The number of fused-ring (bicyclic) bond motifs is 1. The molecule has 0 amide bonds. The molecule has 2 heterocycles. The molecule has 0 saturated carbocycles. The number of hydrogen-bond donors (Lipinski definition) is 0. The van der Waals surface area contributed by atoms with Gasteiger partial charge in [0.2, 0.25) is 0 Å². The van der Waals surface area contributed by atoms with Crippen molar-refractivity contribution in [2.75, 3.05) is 13.2 Å². The lowest BCUT2D eigenvalue weighted by Crippen LogP contribution is -1.87. The van der Waals surface area contributed by atoms with E-state index in [-0.39, 0.29) is 0 Å². The second-order valence-electron chi connectivity index (χ2n) is 3.19. The number of nitrogens with zero attached hydrogens (tertiary/aromatic N) is 2. The molecule has 0 aliphatic heterocycles. The van der Waals surface area contributed by atoms with E-state index >= 15 is 0 Å². The minimum absolute atomic E-state index is 0.643. The smallest absolute Gasteiger partial charge is 0.137 e. The van der Waals surface area contributed by atoms with Crippen LogP contribution in [-0.4, -0.2) is 22.6 Å². The van der Waals surface area contributed by atoms with Crippen LogP contribution in [0.2, 0.25) is 0 Å². The molecule has 0 aliphatic carbocycles. The van der Waals surface area contributed by atoms with E-state index in [9.17, 15) is 0 Å². The fourth-order valence-corrected chi connectivity index (χ4v) is 1.39. The predicted molar refractivity (Wildman–Crippen MR) is 60.7 cm³/mol. The highest BCUT2D eigenvalue weighted by Crippen LogP contribution is 2.05. The van der Waals surface area contributed by atoms with E-state index in [4.69, 9.17) is 4.74 Å². The highest BCUT2D eigenvalue weighted by atomic mass is 16.5. The Morgan fingerprint density at radius 1 is 1.47 bits per heavy atom. The normalized spacial score (nSPS) is 11.5. The van der Waals surface area contributed by atoms with Crippen LogP contribution >= 0.6 is 0 Å². The standard InChI is InChI=1S/C12H14N2O/c1-2-15-9-5-6-11-10-14-8-4-3-7-12(14)13-11/h3-8,10H,2,9H2,1H3/b6-5+. The quantitative estimate of drug-likeness (QED) is 0.712. The van der Waals surface area contributed by atoms with Gasteiger partial charge in [0, 0.05) is 19.0 Å². The van der Waals surface area contributed by atoms with Gasteiger partial charge in [-0.25, -0.2) is 4.98 Å². The molecular formula is C12H14N2O. The van der Waals surface area contributed by atoms with Gasteiger partial charge < -0.3 is 9.14 Å². The van der Waals surface area contributed by atoms with Crippen molar-refractivity contribution < 1.29 is 4.74 Å². The lowest BCUT2D eigenvalue weighted by atomic mass is 10.4. The third-order valence-corrected chi connectivity index (χ3v) is 2.09. The van der Waals surface area contributed by atoms with Crippen molar-refractivity contribution in [2.24, 2.45) is 0 Å². The van der Waals surface area contributed by atoms with Gasteiger partial charge in [0.25, 0.3) is 0 Å². The summed E-state index contributed by atoms with van der Waals surface area (Å²) in [6, 6.07) is 5.96. The molecule has 0 spiro atoms. The van der Waals surface area contributed by atoms with Crippen molar-refractivity contribution >= 4 is 11.7 Å². The monoisotopic (exact) mass is 202 g/mol. The van der Waals surface area contributed by atoms with Crippen molar-refractivity contribution in [3.8, 4) is 0 Å². The first-order chi connectivity index (χ1) is 7.40. The first kappa shape index (κ1) is 9.93. The number of hydrogen-bond acceptors (Lipinski definition) is 2. The zero-order valence-corrected chi connectivity index (χ0v) is 8.76. The largest absolute Gasteiger partial charge is 0.378 e. The molecule has 0 atom stereocenters. The molecule has 0 aliphatic rings. The van der Waals surface area contributed by atoms with E-state index in [1.165, 1.54) is 0 Å². The second kappa shape index (κ2) is 4.75. The number of ether oxygens (including phenoxy) is 1. The summed E-state index contributed by atoms with van der Waals surface area (Å²) in [5.41, 5.74) is 1.93. The van der Waals surface area contributed by atoms with Crippen molar-refractivity contribution in [2.45, 2.75) is 6.92 Å². The third kappa shape index (κ3) is 2.44. The van der Waals surface area contributed by atoms with Crippen molar-refractivity contribution in [1.29, 1.82) is 0 Å². The molecule has 78 valence electrons. The summed E-state index contributed by atoms with van der Waals surface area (Å²) in [6.07, 6.45) is 7.94. The van der Waals surface area contributed by atoms with Crippen LogP contribution < -0.4 is 0 Å². The Balaban J connectivity index is 2.12. The maximum Gasteiger partial charge on any atom is 0.137 e. The fraction of sp³-hybridized carbons (Fsp3) is 0.250. The average molecular weight is 202 g/mol. The summed E-state index contributed by atoms with van der Waals surface area (Å²) in [5.74, 6) is 0. The number of rotatable bonds is 4. The third-order valence-electron chi connectivity index (χ3n) is 2.09. The molecule has 0 aromatic carbocycles. The van der Waals surface area contributed by atoms with Crippen LogP contribution in [0.4, 0.5) is 0 Å². The first-order valence-corrected chi connectivity index (χ1v) is 5.08. The van der Waals surface area contributed by atoms with Gasteiger partial charge in [0.1, 0.15) is 5.65 Å². The van der Waals surface area contributed by atoms with E-state index in [0.717, 1.165) is 17.9 Å². The van der Waals surface area contributed by atoms with E-state index in [0.29, 0.717) is 6.61 Å². The number of aromatic nitrogens is 2. The highest BCUT2D eigenvalue weighted by Gasteiger charge is 1.95. The topological polar surface area (TPSA) is 26.5 Å². The van der Waals surface area contributed by atoms with Crippen molar-refractivity contribution in [3.63, 3.8) is 0 Å². The lowest BCUT2D eigenvalue weighted by Gasteiger charge is -1.91. The van der Waals surface area contributed by atoms with E-state index < -0.39 is 0 Å². The van der Waals surface area contributed by atoms with Crippen LogP contribution in [0.3, 0.4) is 0 Å². The predicted octanol–water partition coefficient (Wildman–Crippen LogP) is 2.38. The maximum atomic E-state index is 5.21. The molecule has 3 heteroatoms. The van der Waals surface area contributed by atoms with Gasteiger partial charge in [0.15, 0.2) is 0 Å². The molecule has 3 nitrogen and oxygen atoms in total. The maximum absolute atomic E-state index is 5.21. The molecule has 2 rings (SSSR count). The van der Waals surface area contributed by atoms with Crippen LogP contribution in [0.25, 0.3) is 11.7 Å². The molecule has 2 aromatic rings. The minimum atomic E-state index is 0.643. The lowest BCUT2D eigenvalue weighted by molar-refractivity contribution is 0.178. The van der Waals surface area contributed by atoms with E-state index in [2.05, 4.69) is 4.98 Å². The molecule has 0 saturated heterocycles. The summed E-state index contributed by atoms with van der Waals surface area (Å²) in [4.78, 5) is 4.43. The van der Waals surface area contributed by atoms with Gasteiger partial charge in [-0.2, -0.15) is 0 Å². The minimum Gasteiger partial charge on any atom is -0.378 e. The van der Waals surface area contributed by atoms with Crippen molar-refractivity contribution in [3.05, 3.63) is 42.4 Å². The van der Waals surface area contributed by atoms with E-state index in [1.807, 2.05) is 54.1 Å². The van der Waals surface area contributed by atoms with Gasteiger partial charge >= 0.3 is 0 Å². The Hall–Kier alpha value is -1.61. The van der Waals surface area contributed by atoms with Gasteiger partial charge in [0.05, 0.1) is 12.3 Å². The summed E-state index contributed by atoms with van der Waals surface area (Å²) < 4.78 is 7.21. The fourth-order valence-electron chi connectivity index (χ4n) is 1.39. The zero-order valence-electron chi connectivity index (χ0n) is 8.76. The van der Waals surface area contributed by atoms with Gasteiger partial charge in [-0.05, 0) is 25.1 Å². The summed E-state index contributed by atoms with van der Waals surface area (Å²) in [6.45, 7) is 3.37. The Labute approximate surface area is 89.0 Å². The van der Waals surface area contributed by atoms with Crippen LogP contribution in [0.1, 0.15) is 12.6 Å². The van der Waals surface area contributed by atoms with Crippen molar-refractivity contribution in [1.82, 2.24) is 9.38 Å². The molecular weight excluding hydrogens is 188 g/mol. The Morgan fingerprint density at radius 2 is 2.40 bits per heavy atom. The zero-order chi connectivity index (χ0) is 10.5. The van der Waals surface area contributed by atoms with Gasteiger partial charge in [-0.3, -0.25) is 0 Å². The average Bonchev–Trinajstić information content (AvgIpc) is 2.67. The number of pyridine rings is 1. The Kier molecular flexibility index (Phi) is 3.15. The SMILES string of the molecule is CCOC/C=C/c1cn2ccccc2n1.